The molecule has 0 amide bonds. The van der Waals surface area contributed by atoms with Crippen LogP contribution >= 0.6 is 0 Å². The van der Waals surface area contributed by atoms with Gasteiger partial charge in [0.05, 0.1) is 11.4 Å². The van der Waals surface area contributed by atoms with Crippen LogP contribution in [-0.2, 0) is 13.0 Å². The fourth-order valence-electron chi connectivity index (χ4n) is 3.20. The first-order valence-corrected chi connectivity index (χ1v) is 10.6. The second-order valence-corrected chi connectivity index (χ2v) is 6.98. The Balaban J connectivity index is 1.51. The summed E-state index contributed by atoms with van der Waals surface area (Å²) in [5, 5.41) is 24.9. The maximum absolute atomic E-state index is 9.53. The number of hydrogen-bond donors (Lipinski definition) is 3. The van der Waals surface area contributed by atoms with Crippen LogP contribution in [0.5, 0.6) is 0 Å². The van der Waals surface area contributed by atoms with Gasteiger partial charge in [0.2, 0.25) is 0 Å². The predicted octanol–water partition coefficient (Wildman–Crippen LogP) is 2.10. The minimum Gasteiger partial charge on any atom is -0.382 e. The molecule has 0 aliphatic heterocycles. The molecule has 3 aromatic rings. The van der Waals surface area contributed by atoms with Gasteiger partial charge in [0.25, 0.3) is 0 Å². The molecule has 2 aromatic heterocycles. The van der Waals surface area contributed by atoms with Gasteiger partial charge in [-0.25, -0.2) is 4.68 Å². The van der Waals surface area contributed by atoms with Crippen molar-refractivity contribution < 1.29 is 0 Å². The highest BCUT2D eigenvalue weighted by atomic mass is 15.3. The molecular weight excluding hydrogens is 390 g/mol. The second kappa shape index (κ2) is 11.4. The first-order valence-electron chi connectivity index (χ1n) is 10.6. The van der Waals surface area contributed by atoms with Crippen LogP contribution in [-0.4, -0.2) is 45.2 Å². The fraction of sp³-hybridized carbons (Fsp3) is 0.364. The van der Waals surface area contributed by atoms with Crippen molar-refractivity contribution in [1.29, 1.82) is 5.26 Å². The molecule has 31 heavy (non-hydrogen) atoms. The van der Waals surface area contributed by atoms with E-state index in [1.54, 1.807) is 10.9 Å². The van der Waals surface area contributed by atoms with Gasteiger partial charge >= 0.3 is 0 Å². The summed E-state index contributed by atoms with van der Waals surface area (Å²) < 4.78 is 3.54. The molecule has 9 heteroatoms. The van der Waals surface area contributed by atoms with E-state index in [4.69, 9.17) is 5.73 Å². The summed E-state index contributed by atoms with van der Waals surface area (Å²) >= 11 is 0. The summed E-state index contributed by atoms with van der Waals surface area (Å²) in [5.41, 5.74) is 8.18. The topological polar surface area (TPSA) is 122 Å². The lowest BCUT2D eigenvalue weighted by molar-refractivity contribution is 0.583. The fourth-order valence-corrected chi connectivity index (χ4v) is 3.20. The number of anilines is 1. The monoisotopic (exact) mass is 419 g/mol. The number of nitrogen functional groups attached to an aromatic ring is 1. The van der Waals surface area contributed by atoms with E-state index in [0.29, 0.717) is 36.6 Å². The second-order valence-electron chi connectivity index (χ2n) is 6.98. The zero-order valence-corrected chi connectivity index (χ0v) is 17.8. The molecule has 1 aromatic carbocycles. The van der Waals surface area contributed by atoms with Gasteiger partial charge < -0.3 is 16.4 Å². The lowest BCUT2D eigenvalue weighted by atomic mass is 10.1. The number of rotatable bonds is 10. The van der Waals surface area contributed by atoms with Crippen LogP contribution in [0.25, 0.3) is 5.69 Å². The van der Waals surface area contributed by atoms with Crippen molar-refractivity contribution in [2.45, 2.75) is 32.7 Å². The van der Waals surface area contributed by atoms with Crippen LogP contribution in [0.1, 0.15) is 31.0 Å². The van der Waals surface area contributed by atoms with Crippen LogP contribution in [0.15, 0.2) is 53.8 Å². The lowest BCUT2D eigenvalue weighted by Gasteiger charge is -2.11. The van der Waals surface area contributed by atoms with Gasteiger partial charge in [-0.1, -0.05) is 18.2 Å². The number of hydrogen-bond acceptors (Lipinski definition) is 5. The Morgan fingerprint density at radius 3 is 2.74 bits per heavy atom. The number of nitriles is 1. The Kier molecular flexibility index (Phi) is 8.05. The quantitative estimate of drug-likeness (QED) is 0.263. The van der Waals surface area contributed by atoms with Crippen LogP contribution < -0.4 is 16.4 Å². The average molecular weight is 420 g/mol. The molecule has 0 saturated carbocycles. The van der Waals surface area contributed by atoms with Crippen LogP contribution in [0.2, 0.25) is 0 Å². The van der Waals surface area contributed by atoms with Crippen LogP contribution in [0.3, 0.4) is 0 Å². The maximum Gasteiger partial charge on any atom is 0.191 e. The summed E-state index contributed by atoms with van der Waals surface area (Å²) in [5.74, 6) is 1.17. The van der Waals surface area contributed by atoms with Gasteiger partial charge in [0.15, 0.2) is 5.96 Å². The number of para-hydroxylation sites is 1. The lowest BCUT2D eigenvalue weighted by Crippen LogP contribution is -2.38. The number of guanidine groups is 1. The number of aromatic nitrogens is 4. The van der Waals surface area contributed by atoms with E-state index in [9.17, 15) is 5.26 Å². The largest absolute Gasteiger partial charge is 0.382 e. The maximum atomic E-state index is 9.53. The van der Waals surface area contributed by atoms with E-state index >= 15 is 0 Å². The number of benzene rings is 1. The summed E-state index contributed by atoms with van der Waals surface area (Å²) in [6.07, 6.45) is 6.11. The van der Waals surface area contributed by atoms with Gasteiger partial charge in [-0.2, -0.15) is 15.5 Å². The molecule has 0 atom stereocenters. The number of nitrogens with one attached hydrogen (secondary N) is 2. The van der Waals surface area contributed by atoms with Gasteiger partial charge in [-0.3, -0.25) is 9.67 Å². The standard InChI is InChI=1S/C22H29N9/c1-2-25-22(27-13-7-15-30-16-8-14-28-30)26-12-6-11-20-19(17-23)21(24)31(29-20)18-9-4-3-5-10-18/h3-5,8-10,14,16H,2,6-7,11-13,15,24H2,1H3,(H2,25,26,27). The minimum atomic E-state index is 0.378. The third-order valence-electron chi connectivity index (χ3n) is 4.71. The van der Waals surface area contributed by atoms with Gasteiger partial charge in [-0.05, 0) is 44.4 Å². The van der Waals surface area contributed by atoms with Crippen molar-refractivity contribution in [3.63, 3.8) is 0 Å². The van der Waals surface area contributed by atoms with Gasteiger partial charge in [0, 0.05) is 38.6 Å². The van der Waals surface area contributed by atoms with Crippen molar-refractivity contribution in [3.05, 3.63) is 60.0 Å². The van der Waals surface area contributed by atoms with Crippen molar-refractivity contribution in [2.75, 3.05) is 25.4 Å². The third-order valence-corrected chi connectivity index (χ3v) is 4.71. The summed E-state index contributed by atoms with van der Waals surface area (Å²) in [4.78, 5) is 4.61. The normalized spacial score (nSPS) is 11.3. The Bertz CT molecular complexity index is 998. The first-order chi connectivity index (χ1) is 15.2. The molecule has 0 unspecified atom stereocenters. The molecule has 162 valence electrons. The van der Waals surface area contributed by atoms with Crippen LogP contribution in [0, 0.1) is 11.3 Å². The highest BCUT2D eigenvalue weighted by Gasteiger charge is 2.16. The molecule has 0 bridgehead atoms. The molecule has 0 spiro atoms. The van der Waals surface area contributed by atoms with Crippen molar-refractivity contribution >= 4 is 11.8 Å². The molecule has 0 saturated heterocycles. The zero-order chi connectivity index (χ0) is 21.9. The highest BCUT2D eigenvalue weighted by molar-refractivity contribution is 5.79. The smallest absolute Gasteiger partial charge is 0.191 e. The summed E-state index contributed by atoms with van der Waals surface area (Å²) in [6, 6.07) is 13.7. The molecular formula is C22H29N9. The Labute approximate surface area is 182 Å². The van der Waals surface area contributed by atoms with E-state index in [0.717, 1.165) is 37.6 Å². The van der Waals surface area contributed by atoms with Crippen molar-refractivity contribution in [3.8, 4) is 11.8 Å². The zero-order valence-electron chi connectivity index (χ0n) is 17.8. The van der Waals surface area contributed by atoms with E-state index in [2.05, 4.69) is 31.9 Å². The Morgan fingerprint density at radius 1 is 1.19 bits per heavy atom. The first kappa shape index (κ1) is 21.9. The van der Waals surface area contributed by atoms with E-state index < -0.39 is 0 Å². The van der Waals surface area contributed by atoms with Crippen molar-refractivity contribution in [1.82, 2.24) is 30.2 Å². The molecule has 0 aliphatic rings. The minimum absolute atomic E-state index is 0.378. The number of aliphatic imine (C=N–C) groups is 1. The SMILES string of the molecule is CCNC(=NCCCn1cccn1)NCCCc1nn(-c2ccccc2)c(N)c1C#N. The Morgan fingerprint density at radius 2 is 2.03 bits per heavy atom. The van der Waals surface area contributed by atoms with Gasteiger partial charge in [0.1, 0.15) is 17.5 Å². The molecule has 9 nitrogen and oxygen atoms in total. The average Bonchev–Trinajstić information content (AvgIpc) is 3.42. The summed E-state index contributed by atoms with van der Waals surface area (Å²) in [7, 11) is 0. The molecule has 4 N–H and O–H groups in total. The van der Waals surface area contributed by atoms with E-state index in [1.807, 2.05) is 54.2 Å². The molecule has 0 fully saturated rings. The molecule has 0 radical (unpaired) electrons. The van der Waals surface area contributed by atoms with Gasteiger partial charge in [-0.15, -0.1) is 0 Å². The van der Waals surface area contributed by atoms with Crippen LogP contribution in [0.4, 0.5) is 5.82 Å². The van der Waals surface area contributed by atoms with Crippen molar-refractivity contribution in [2.24, 2.45) is 4.99 Å². The summed E-state index contributed by atoms with van der Waals surface area (Å²) in [6.45, 7) is 5.11. The number of nitrogens with two attached hydrogens (primary N) is 1. The molecule has 3 rings (SSSR count). The Hall–Kier alpha value is -3.80. The van der Waals surface area contributed by atoms with E-state index in [1.165, 1.54) is 0 Å². The highest BCUT2D eigenvalue weighted by Crippen LogP contribution is 2.21. The number of aryl methyl sites for hydroxylation is 2. The predicted molar refractivity (Wildman–Crippen MR) is 122 cm³/mol. The number of nitrogens with zero attached hydrogens (tertiary/aromatic N) is 6. The molecule has 2 heterocycles. The molecule has 0 aliphatic carbocycles. The third kappa shape index (κ3) is 6.09. The van der Waals surface area contributed by atoms with E-state index in [-0.39, 0.29) is 0 Å².